The van der Waals surface area contributed by atoms with Gasteiger partial charge in [0.25, 0.3) is 5.85 Å². The molecular formula is C10H11F2N3O4. The van der Waals surface area contributed by atoms with E-state index in [1.807, 2.05) is 0 Å². The number of nitrogens with zero attached hydrogens (tertiary/aromatic N) is 2. The second-order valence-electron chi connectivity index (χ2n) is 4.64. The molecule has 104 valence electrons. The number of halogens is 2. The molecule has 7 nitrogen and oxygen atoms in total. The summed E-state index contributed by atoms with van der Waals surface area (Å²) in [6.07, 6.45) is -2.14. The predicted molar refractivity (Wildman–Crippen MR) is 57.6 cm³/mol. The molecule has 1 saturated carbocycles. The minimum atomic E-state index is -2.85. The number of nitrogens with two attached hydrogens (primary N) is 1. The van der Waals surface area contributed by atoms with E-state index in [0.717, 1.165) is 6.20 Å². The van der Waals surface area contributed by atoms with E-state index in [2.05, 4.69) is 9.72 Å². The van der Waals surface area contributed by atoms with Gasteiger partial charge in [-0.2, -0.15) is 4.98 Å². The number of aliphatic hydroxyl groups excluding tert-OH is 2. The van der Waals surface area contributed by atoms with Crippen molar-refractivity contribution in [1.82, 2.24) is 9.55 Å². The number of alkyl halides is 2. The standard InChI is InChI=1S/C10H11F2N3O4/c11-9-6(17)4(3-16)19-10(9,12)7(9)15-2-1-5(13)14-8(15)18/h1-2,4,6-7,16-17H,3H2,(H2,13,14,18)/t4-,6?,7+,9?,10?/m1/s1. The molecule has 3 unspecified atom stereocenters. The SMILES string of the molecule is Nc1ccn([C@@H]2C3(F)O[C@H](CO)C(O)C23F)c(=O)n1. The van der Waals surface area contributed by atoms with Crippen molar-refractivity contribution in [3.63, 3.8) is 0 Å². The van der Waals surface area contributed by atoms with E-state index in [9.17, 15) is 18.7 Å². The molecule has 0 radical (unpaired) electrons. The lowest BCUT2D eigenvalue weighted by Gasteiger charge is -2.19. The third-order valence-corrected chi connectivity index (χ3v) is 3.60. The molecule has 1 aromatic heterocycles. The van der Waals surface area contributed by atoms with Crippen LogP contribution in [0.2, 0.25) is 0 Å². The Morgan fingerprint density at radius 1 is 1.58 bits per heavy atom. The molecule has 1 aliphatic heterocycles. The third-order valence-electron chi connectivity index (χ3n) is 3.60. The van der Waals surface area contributed by atoms with Gasteiger partial charge < -0.3 is 20.7 Å². The van der Waals surface area contributed by atoms with Crippen LogP contribution in [0.25, 0.3) is 0 Å². The van der Waals surface area contributed by atoms with Gasteiger partial charge in [-0.05, 0) is 6.07 Å². The van der Waals surface area contributed by atoms with Crippen LogP contribution in [0.3, 0.4) is 0 Å². The first-order valence-corrected chi connectivity index (χ1v) is 5.55. The van der Waals surface area contributed by atoms with Gasteiger partial charge in [-0.15, -0.1) is 0 Å². The van der Waals surface area contributed by atoms with Gasteiger partial charge in [0.1, 0.15) is 24.1 Å². The fraction of sp³-hybridized carbons (Fsp3) is 0.600. The van der Waals surface area contributed by atoms with E-state index in [0.29, 0.717) is 4.57 Å². The molecule has 9 heteroatoms. The summed E-state index contributed by atoms with van der Waals surface area (Å²) in [4.78, 5) is 14.9. The fourth-order valence-electron chi connectivity index (χ4n) is 2.60. The summed E-state index contributed by atoms with van der Waals surface area (Å²) < 4.78 is 34.1. The van der Waals surface area contributed by atoms with Crippen LogP contribution in [-0.2, 0) is 4.74 Å². The minimum Gasteiger partial charge on any atom is -0.394 e. The first-order chi connectivity index (χ1) is 8.86. The zero-order valence-corrected chi connectivity index (χ0v) is 9.53. The Morgan fingerprint density at radius 2 is 2.26 bits per heavy atom. The topological polar surface area (TPSA) is 111 Å². The van der Waals surface area contributed by atoms with Gasteiger partial charge in [-0.1, -0.05) is 0 Å². The quantitative estimate of drug-likeness (QED) is 0.606. The maximum absolute atomic E-state index is 14.5. The van der Waals surface area contributed by atoms with E-state index in [1.54, 1.807) is 0 Å². The van der Waals surface area contributed by atoms with Gasteiger partial charge in [0.15, 0.2) is 0 Å². The van der Waals surface area contributed by atoms with Crippen molar-refractivity contribution in [2.45, 2.75) is 29.8 Å². The molecule has 3 rings (SSSR count). The molecular weight excluding hydrogens is 264 g/mol. The highest BCUT2D eigenvalue weighted by molar-refractivity contribution is 5.34. The third kappa shape index (κ3) is 1.29. The Morgan fingerprint density at radius 3 is 2.74 bits per heavy atom. The smallest absolute Gasteiger partial charge is 0.350 e. The van der Waals surface area contributed by atoms with Gasteiger partial charge in [0.2, 0.25) is 5.67 Å². The first-order valence-electron chi connectivity index (χ1n) is 5.55. The second kappa shape index (κ2) is 3.50. The van der Waals surface area contributed by atoms with Crippen molar-refractivity contribution in [2.24, 2.45) is 0 Å². The molecule has 1 saturated heterocycles. The van der Waals surface area contributed by atoms with Gasteiger partial charge in [0, 0.05) is 6.20 Å². The molecule has 2 heterocycles. The minimum absolute atomic E-state index is 0.0809. The number of aliphatic hydroxyl groups is 2. The molecule has 0 bridgehead atoms. The highest BCUT2D eigenvalue weighted by Crippen LogP contribution is 2.70. The maximum Gasteiger partial charge on any atom is 0.350 e. The monoisotopic (exact) mass is 275 g/mol. The Labute approximate surface area is 105 Å². The summed E-state index contributed by atoms with van der Waals surface area (Å²) >= 11 is 0. The summed E-state index contributed by atoms with van der Waals surface area (Å²) in [5.74, 6) is -2.93. The lowest BCUT2D eigenvalue weighted by molar-refractivity contribution is -0.121. The van der Waals surface area contributed by atoms with Crippen molar-refractivity contribution < 1.29 is 23.7 Å². The average molecular weight is 275 g/mol. The van der Waals surface area contributed by atoms with Gasteiger partial charge in [-0.25, -0.2) is 13.6 Å². The Hall–Kier alpha value is -1.58. The second-order valence-corrected chi connectivity index (χ2v) is 4.64. The molecule has 1 aromatic rings. The summed E-state index contributed by atoms with van der Waals surface area (Å²) in [6, 6.07) is -0.434. The molecule has 1 aliphatic carbocycles. The molecule has 19 heavy (non-hydrogen) atoms. The first kappa shape index (κ1) is 12.5. The Balaban J connectivity index is 2.01. The van der Waals surface area contributed by atoms with Crippen LogP contribution >= 0.6 is 0 Å². The predicted octanol–water partition coefficient (Wildman–Crippen LogP) is -1.49. The number of hydrogen-bond acceptors (Lipinski definition) is 6. The zero-order valence-electron chi connectivity index (χ0n) is 9.53. The van der Waals surface area contributed by atoms with Crippen LogP contribution < -0.4 is 11.4 Å². The molecule has 0 amide bonds. The van der Waals surface area contributed by atoms with Gasteiger partial charge in [-0.3, -0.25) is 4.57 Å². The maximum atomic E-state index is 14.5. The van der Waals surface area contributed by atoms with Gasteiger partial charge >= 0.3 is 5.69 Å². The van der Waals surface area contributed by atoms with Crippen LogP contribution in [-0.4, -0.2) is 50.1 Å². The van der Waals surface area contributed by atoms with Gasteiger partial charge in [0.05, 0.1) is 6.61 Å². The average Bonchev–Trinajstić information content (AvgIpc) is 2.75. The van der Waals surface area contributed by atoms with Crippen molar-refractivity contribution in [2.75, 3.05) is 12.3 Å². The molecule has 2 fully saturated rings. The van der Waals surface area contributed by atoms with E-state index in [1.165, 1.54) is 6.07 Å². The van der Waals surface area contributed by atoms with Crippen molar-refractivity contribution >= 4 is 5.82 Å². The van der Waals surface area contributed by atoms with E-state index < -0.39 is 42.1 Å². The van der Waals surface area contributed by atoms with E-state index in [-0.39, 0.29) is 5.82 Å². The van der Waals surface area contributed by atoms with E-state index >= 15 is 0 Å². The van der Waals surface area contributed by atoms with Crippen molar-refractivity contribution in [1.29, 1.82) is 0 Å². The fourth-order valence-corrected chi connectivity index (χ4v) is 2.60. The summed E-state index contributed by atoms with van der Waals surface area (Å²) in [5, 5.41) is 18.5. The molecule has 5 atom stereocenters. The van der Waals surface area contributed by atoms with E-state index in [4.69, 9.17) is 10.8 Å². The summed E-state index contributed by atoms with van der Waals surface area (Å²) in [5.41, 5.74) is 1.56. The normalized spacial score (nSPS) is 44.1. The number of nitrogen functional groups attached to an aromatic ring is 1. The zero-order chi connectivity index (χ0) is 14.0. The Kier molecular flexibility index (Phi) is 2.29. The van der Waals surface area contributed by atoms with Crippen molar-refractivity contribution in [3.8, 4) is 0 Å². The number of ether oxygens (including phenoxy) is 1. The summed E-state index contributed by atoms with van der Waals surface area (Å²) in [6.45, 7) is -0.722. The lowest BCUT2D eigenvalue weighted by Crippen LogP contribution is -2.39. The number of hydrogen-bond donors (Lipinski definition) is 3. The molecule has 0 spiro atoms. The van der Waals surface area contributed by atoms with Crippen LogP contribution in [0, 0.1) is 0 Å². The van der Waals surface area contributed by atoms with Crippen LogP contribution in [0.1, 0.15) is 6.04 Å². The summed E-state index contributed by atoms with van der Waals surface area (Å²) in [7, 11) is 0. The number of aromatic nitrogens is 2. The van der Waals surface area contributed by atoms with Crippen molar-refractivity contribution in [3.05, 3.63) is 22.7 Å². The number of rotatable bonds is 2. The molecule has 2 aliphatic rings. The highest BCUT2D eigenvalue weighted by Gasteiger charge is 2.92. The lowest BCUT2D eigenvalue weighted by atomic mass is 10.1. The van der Waals surface area contributed by atoms with Crippen LogP contribution in [0.15, 0.2) is 17.1 Å². The molecule has 4 N–H and O–H groups in total. The number of fused-ring (bicyclic) bond motifs is 1. The Bertz CT molecular complexity index is 596. The number of anilines is 1. The largest absolute Gasteiger partial charge is 0.394 e. The molecule has 0 aromatic carbocycles. The van der Waals surface area contributed by atoms with Crippen LogP contribution in [0.5, 0.6) is 0 Å². The highest BCUT2D eigenvalue weighted by atomic mass is 19.2. The van der Waals surface area contributed by atoms with Crippen LogP contribution in [0.4, 0.5) is 14.6 Å².